The number of hydrogen-bond donors (Lipinski definition) is 2. The van der Waals surface area contributed by atoms with E-state index >= 15 is 0 Å². The van der Waals surface area contributed by atoms with E-state index in [2.05, 4.69) is 19.1 Å². The summed E-state index contributed by atoms with van der Waals surface area (Å²) in [5.41, 5.74) is 0. The molecule has 2 fully saturated rings. The van der Waals surface area contributed by atoms with Gasteiger partial charge in [0.15, 0.2) is 0 Å². The summed E-state index contributed by atoms with van der Waals surface area (Å²) in [5, 5.41) is 0. The second kappa shape index (κ2) is 7.09. The van der Waals surface area contributed by atoms with E-state index < -0.39 is 0 Å². The molecule has 0 bridgehead atoms. The average molecular weight is 278 g/mol. The first-order valence-corrected chi connectivity index (χ1v) is 9.16. The quantitative estimate of drug-likeness (QED) is 0.704. The Balaban J connectivity index is 1.43. The van der Waals surface area contributed by atoms with Crippen molar-refractivity contribution >= 4 is 0 Å². The lowest BCUT2D eigenvalue weighted by atomic mass is 9.84. The number of hydrogen-bond acceptors (Lipinski definition) is 0. The highest BCUT2D eigenvalue weighted by Crippen LogP contribution is 2.21. The van der Waals surface area contributed by atoms with Crippen molar-refractivity contribution in [1.29, 1.82) is 0 Å². The third-order valence-electron chi connectivity index (χ3n) is 6.19. The fourth-order valence-corrected chi connectivity index (χ4v) is 4.87. The smallest absolute Gasteiger partial charge is 0.127 e. The second-order valence-corrected chi connectivity index (χ2v) is 7.63. The Morgan fingerprint density at radius 1 is 0.950 bits per heavy atom. The Morgan fingerprint density at radius 3 is 2.45 bits per heavy atom. The molecule has 1 aliphatic heterocycles. The predicted molar refractivity (Wildman–Crippen MR) is 84.2 cm³/mol. The summed E-state index contributed by atoms with van der Waals surface area (Å²) in [7, 11) is 0. The van der Waals surface area contributed by atoms with Gasteiger partial charge in [-0.2, -0.15) is 0 Å². The maximum absolute atomic E-state index is 2.50. The van der Waals surface area contributed by atoms with Crippen LogP contribution in [0.2, 0.25) is 0 Å². The molecule has 2 heteroatoms. The zero-order valence-corrected chi connectivity index (χ0v) is 13.4. The maximum Gasteiger partial charge on any atom is 0.127 e. The lowest BCUT2D eigenvalue weighted by Crippen LogP contribution is -3.30. The Bertz CT molecular complexity index is 317. The molecule has 0 spiro atoms. The third kappa shape index (κ3) is 3.65. The molecule has 0 unspecified atom stereocenters. The van der Waals surface area contributed by atoms with E-state index in [0.29, 0.717) is 0 Å². The zero-order chi connectivity index (χ0) is 13.8. The Morgan fingerprint density at radius 2 is 1.75 bits per heavy atom. The van der Waals surface area contributed by atoms with Gasteiger partial charge in [-0.1, -0.05) is 25.5 Å². The van der Waals surface area contributed by atoms with Gasteiger partial charge in [0.2, 0.25) is 0 Å². The number of nitrogens with one attached hydrogen (secondary N) is 2. The molecule has 2 aliphatic carbocycles. The van der Waals surface area contributed by atoms with E-state index in [0.717, 1.165) is 17.9 Å². The van der Waals surface area contributed by atoms with Crippen molar-refractivity contribution in [3.63, 3.8) is 0 Å². The summed E-state index contributed by atoms with van der Waals surface area (Å²) in [6.07, 6.45) is 14.9. The van der Waals surface area contributed by atoms with Gasteiger partial charge < -0.3 is 9.80 Å². The summed E-state index contributed by atoms with van der Waals surface area (Å²) in [6.45, 7) is 9.68. The fraction of sp³-hybridized carbons (Fsp3) is 0.889. The molecule has 1 heterocycles. The van der Waals surface area contributed by atoms with Crippen molar-refractivity contribution < 1.29 is 9.80 Å². The molecule has 3 rings (SSSR count). The standard InChI is InChI=1S/C18H32N2/c1-16-7-5-6-10-18(16)20-13-11-19(12-14-20)15-17-8-3-2-4-9-17/h2-3,16-18H,4-15H2,1H3/p+2/t16-,17-,18-/m0/s1. The van der Waals surface area contributed by atoms with Crippen LogP contribution in [0.3, 0.4) is 0 Å². The van der Waals surface area contributed by atoms with Gasteiger partial charge >= 0.3 is 0 Å². The molecule has 3 atom stereocenters. The molecule has 1 saturated heterocycles. The summed E-state index contributed by atoms with van der Waals surface area (Å²) < 4.78 is 0. The third-order valence-corrected chi connectivity index (χ3v) is 6.19. The summed E-state index contributed by atoms with van der Waals surface area (Å²) in [5.74, 6) is 1.95. The van der Waals surface area contributed by atoms with E-state index in [4.69, 9.17) is 0 Å². The van der Waals surface area contributed by atoms with Crippen molar-refractivity contribution in [1.82, 2.24) is 0 Å². The van der Waals surface area contributed by atoms with Gasteiger partial charge in [-0.25, -0.2) is 0 Å². The molecular weight excluding hydrogens is 244 g/mol. The van der Waals surface area contributed by atoms with E-state index in [1.54, 1.807) is 0 Å². The molecule has 0 aromatic heterocycles. The van der Waals surface area contributed by atoms with Gasteiger partial charge in [-0.15, -0.1) is 0 Å². The molecule has 1 saturated carbocycles. The van der Waals surface area contributed by atoms with E-state index in [-0.39, 0.29) is 0 Å². The average Bonchev–Trinajstić information content (AvgIpc) is 2.50. The topological polar surface area (TPSA) is 8.88 Å². The molecule has 114 valence electrons. The minimum atomic E-state index is 0.976. The Hall–Kier alpha value is -0.340. The van der Waals surface area contributed by atoms with Crippen molar-refractivity contribution in [2.24, 2.45) is 11.8 Å². The predicted octanol–water partition coefficient (Wildman–Crippen LogP) is 0.705. The molecule has 2 nitrogen and oxygen atoms in total. The molecule has 3 aliphatic rings. The van der Waals surface area contributed by atoms with Crippen molar-refractivity contribution in [2.45, 2.75) is 57.9 Å². The van der Waals surface area contributed by atoms with E-state index in [1.807, 2.05) is 9.80 Å². The van der Waals surface area contributed by atoms with Crippen LogP contribution in [0.5, 0.6) is 0 Å². The summed E-state index contributed by atoms with van der Waals surface area (Å²) in [4.78, 5) is 3.85. The highest BCUT2D eigenvalue weighted by molar-refractivity contribution is 4.89. The van der Waals surface area contributed by atoms with Gasteiger partial charge in [-0.05, 0) is 38.5 Å². The van der Waals surface area contributed by atoms with Gasteiger partial charge in [0, 0.05) is 11.8 Å². The molecule has 0 aromatic rings. The first kappa shape index (κ1) is 14.6. The van der Waals surface area contributed by atoms with E-state index in [9.17, 15) is 0 Å². The molecule has 0 aromatic carbocycles. The highest BCUT2D eigenvalue weighted by atomic mass is 15.3. The number of rotatable bonds is 3. The van der Waals surface area contributed by atoms with Crippen LogP contribution in [-0.2, 0) is 0 Å². The monoisotopic (exact) mass is 278 g/mol. The minimum absolute atomic E-state index is 0.976. The first-order valence-electron chi connectivity index (χ1n) is 9.16. The van der Waals surface area contributed by atoms with Crippen LogP contribution in [0.4, 0.5) is 0 Å². The van der Waals surface area contributed by atoms with Crippen molar-refractivity contribution in [3.8, 4) is 0 Å². The van der Waals surface area contributed by atoms with Gasteiger partial charge in [0.05, 0.1) is 12.6 Å². The van der Waals surface area contributed by atoms with Gasteiger partial charge in [-0.3, -0.25) is 0 Å². The van der Waals surface area contributed by atoms with Crippen molar-refractivity contribution in [3.05, 3.63) is 12.2 Å². The fourth-order valence-electron chi connectivity index (χ4n) is 4.87. The Labute approximate surface area is 125 Å². The summed E-state index contributed by atoms with van der Waals surface area (Å²) in [6, 6.07) is 0.989. The molecular formula is C18H34N2+2. The maximum atomic E-state index is 2.50. The van der Waals surface area contributed by atoms with Crippen LogP contribution in [0.25, 0.3) is 0 Å². The molecule has 2 N–H and O–H groups in total. The van der Waals surface area contributed by atoms with Crippen LogP contribution in [0.1, 0.15) is 51.9 Å². The van der Waals surface area contributed by atoms with Crippen LogP contribution in [0.15, 0.2) is 12.2 Å². The second-order valence-electron chi connectivity index (χ2n) is 7.63. The zero-order valence-electron chi connectivity index (χ0n) is 13.4. The highest BCUT2D eigenvalue weighted by Gasteiger charge is 2.34. The van der Waals surface area contributed by atoms with E-state index in [1.165, 1.54) is 77.7 Å². The van der Waals surface area contributed by atoms with Crippen LogP contribution in [0, 0.1) is 11.8 Å². The SMILES string of the molecule is C[C@H]1CCCC[C@@H]1[NH+]1CC[NH+](C[C@H]2CC=CCC2)CC1. The molecule has 0 radical (unpaired) electrons. The number of quaternary nitrogens is 2. The lowest BCUT2D eigenvalue weighted by Gasteiger charge is -2.39. The summed E-state index contributed by atoms with van der Waals surface area (Å²) >= 11 is 0. The van der Waals surface area contributed by atoms with Crippen LogP contribution in [-0.4, -0.2) is 38.8 Å². The first-order chi connectivity index (χ1) is 9.83. The minimum Gasteiger partial charge on any atom is -0.325 e. The normalized spacial score (nSPS) is 42.5. The van der Waals surface area contributed by atoms with Gasteiger partial charge in [0.25, 0.3) is 0 Å². The van der Waals surface area contributed by atoms with Crippen LogP contribution >= 0.6 is 0 Å². The van der Waals surface area contributed by atoms with Crippen LogP contribution < -0.4 is 9.80 Å². The number of piperazine rings is 1. The molecule has 20 heavy (non-hydrogen) atoms. The largest absolute Gasteiger partial charge is 0.325 e. The van der Waals surface area contributed by atoms with Crippen molar-refractivity contribution in [2.75, 3.05) is 32.7 Å². The van der Waals surface area contributed by atoms with Gasteiger partial charge in [0.1, 0.15) is 26.2 Å². The number of allylic oxidation sites excluding steroid dienone is 2. The Kier molecular flexibility index (Phi) is 5.17. The lowest BCUT2D eigenvalue weighted by molar-refractivity contribution is -1.03. The molecule has 0 amide bonds.